The molecule has 0 radical (unpaired) electrons. The summed E-state index contributed by atoms with van der Waals surface area (Å²) in [6.07, 6.45) is -0.0839. The number of alkyl carbamates (subject to hydrolysis) is 1. The maximum absolute atomic E-state index is 12.6. The highest BCUT2D eigenvalue weighted by Crippen LogP contribution is 2.44. The Balaban J connectivity index is 1.56. The summed E-state index contributed by atoms with van der Waals surface area (Å²) in [5.74, 6) is -1.90. The van der Waals surface area contributed by atoms with Gasteiger partial charge in [-0.15, -0.1) is 0 Å². The molecule has 0 saturated carbocycles. The Morgan fingerprint density at radius 2 is 1.58 bits per heavy atom. The Kier molecular flexibility index (Phi) is 8.09. The van der Waals surface area contributed by atoms with Crippen molar-refractivity contribution in [2.75, 3.05) is 13.2 Å². The first-order valence-electron chi connectivity index (χ1n) is 11.4. The number of benzene rings is 2. The van der Waals surface area contributed by atoms with E-state index in [9.17, 15) is 14.4 Å². The van der Waals surface area contributed by atoms with Gasteiger partial charge in [-0.1, -0.05) is 69.3 Å². The molecule has 0 aliphatic heterocycles. The predicted octanol–water partition coefficient (Wildman–Crippen LogP) is 4.17. The summed E-state index contributed by atoms with van der Waals surface area (Å²) in [6.45, 7) is 5.86. The number of amides is 2. The molecule has 3 N–H and O–H groups in total. The van der Waals surface area contributed by atoms with Crippen LogP contribution < -0.4 is 10.6 Å². The number of carboxylic acids is 1. The molecule has 2 aromatic rings. The van der Waals surface area contributed by atoms with Crippen LogP contribution in [-0.4, -0.2) is 42.3 Å². The molecule has 2 amide bonds. The number of nitrogens with one attached hydrogen (secondary N) is 2. The van der Waals surface area contributed by atoms with Gasteiger partial charge in [-0.3, -0.25) is 9.59 Å². The summed E-state index contributed by atoms with van der Waals surface area (Å²) in [4.78, 5) is 36.0. The first-order valence-corrected chi connectivity index (χ1v) is 11.4. The lowest BCUT2D eigenvalue weighted by Crippen LogP contribution is -2.43. The summed E-state index contributed by atoms with van der Waals surface area (Å²) >= 11 is 0. The van der Waals surface area contributed by atoms with Crippen molar-refractivity contribution in [1.29, 1.82) is 0 Å². The fourth-order valence-electron chi connectivity index (χ4n) is 4.16. The first-order chi connectivity index (χ1) is 15.8. The van der Waals surface area contributed by atoms with E-state index in [1.54, 1.807) is 6.92 Å². The third-order valence-corrected chi connectivity index (χ3v) is 6.24. The molecule has 1 unspecified atom stereocenters. The van der Waals surface area contributed by atoms with Crippen molar-refractivity contribution in [3.63, 3.8) is 0 Å². The zero-order valence-corrected chi connectivity index (χ0v) is 19.3. The largest absolute Gasteiger partial charge is 0.481 e. The third kappa shape index (κ3) is 5.92. The molecule has 7 heteroatoms. The molecule has 0 saturated heterocycles. The second-order valence-corrected chi connectivity index (χ2v) is 8.77. The van der Waals surface area contributed by atoms with Gasteiger partial charge >= 0.3 is 12.1 Å². The summed E-state index contributed by atoms with van der Waals surface area (Å²) in [7, 11) is 0. The average molecular weight is 453 g/mol. The van der Waals surface area contributed by atoms with Gasteiger partial charge in [0.15, 0.2) is 0 Å². The van der Waals surface area contributed by atoms with Crippen LogP contribution in [-0.2, 0) is 14.3 Å². The van der Waals surface area contributed by atoms with Crippen molar-refractivity contribution < 1.29 is 24.2 Å². The van der Waals surface area contributed by atoms with Gasteiger partial charge in [0.2, 0.25) is 5.91 Å². The first kappa shape index (κ1) is 24.3. The second kappa shape index (κ2) is 11.0. The van der Waals surface area contributed by atoms with Crippen LogP contribution in [0.4, 0.5) is 4.79 Å². The number of carbonyl (C=O) groups is 3. The molecule has 0 aromatic heterocycles. The van der Waals surface area contributed by atoms with Gasteiger partial charge in [0.1, 0.15) is 6.61 Å². The molecule has 7 nitrogen and oxygen atoms in total. The third-order valence-electron chi connectivity index (χ3n) is 6.24. The Hall–Kier alpha value is -3.35. The van der Waals surface area contributed by atoms with Crippen molar-refractivity contribution in [1.82, 2.24) is 10.6 Å². The maximum atomic E-state index is 12.6. The zero-order valence-electron chi connectivity index (χ0n) is 19.3. The SMILES string of the molecule is CCC(CNC(=O)C[C@H](NC(=O)OCC1c2ccccc2-c2ccccc21)C(C)C)C(=O)O. The summed E-state index contributed by atoms with van der Waals surface area (Å²) in [5.41, 5.74) is 4.58. The smallest absolute Gasteiger partial charge is 0.407 e. The van der Waals surface area contributed by atoms with Gasteiger partial charge in [0, 0.05) is 24.9 Å². The predicted molar refractivity (Wildman–Crippen MR) is 126 cm³/mol. The van der Waals surface area contributed by atoms with Crippen molar-refractivity contribution >= 4 is 18.0 Å². The highest BCUT2D eigenvalue weighted by Gasteiger charge is 2.29. The van der Waals surface area contributed by atoms with Crippen LogP contribution in [0.1, 0.15) is 50.7 Å². The van der Waals surface area contributed by atoms with Gasteiger partial charge in [0.25, 0.3) is 0 Å². The molecule has 3 rings (SSSR count). The minimum atomic E-state index is -0.935. The number of rotatable bonds is 10. The number of fused-ring (bicyclic) bond motifs is 3. The van der Waals surface area contributed by atoms with Crippen molar-refractivity contribution in [2.24, 2.45) is 11.8 Å². The summed E-state index contributed by atoms with van der Waals surface area (Å²) in [6, 6.07) is 15.8. The van der Waals surface area contributed by atoms with Gasteiger partial charge in [-0.05, 0) is 34.6 Å². The topological polar surface area (TPSA) is 105 Å². The Morgan fingerprint density at radius 1 is 1.00 bits per heavy atom. The van der Waals surface area contributed by atoms with Gasteiger partial charge in [-0.25, -0.2) is 4.79 Å². The molecule has 33 heavy (non-hydrogen) atoms. The quantitative estimate of drug-likeness (QED) is 0.502. The molecule has 1 aliphatic carbocycles. The van der Waals surface area contributed by atoms with E-state index in [0.717, 1.165) is 22.3 Å². The minimum Gasteiger partial charge on any atom is -0.481 e. The van der Waals surface area contributed by atoms with Crippen LogP contribution in [0.3, 0.4) is 0 Å². The Bertz CT molecular complexity index is 958. The van der Waals surface area contributed by atoms with E-state index in [0.29, 0.717) is 6.42 Å². The number of ether oxygens (including phenoxy) is 1. The van der Waals surface area contributed by atoms with Crippen LogP contribution >= 0.6 is 0 Å². The standard InChI is InChI=1S/C26H32N2O5/c1-4-17(25(30)31)14-27-24(29)13-23(16(2)3)28-26(32)33-15-22-20-11-7-5-9-18(20)19-10-6-8-12-21(19)22/h5-12,16-17,22-23H,4,13-15H2,1-3H3,(H,27,29)(H,28,32)(H,30,31)/t17?,23-/m0/s1. The normalized spacial score (nSPS) is 14.2. The van der Waals surface area contributed by atoms with E-state index in [2.05, 4.69) is 34.9 Å². The second-order valence-electron chi connectivity index (χ2n) is 8.77. The monoisotopic (exact) mass is 452 g/mol. The highest BCUT2D eigenvalue weighted by molar-refractivity contribution is 5.80. The molecule has 0 bridgehead atoms. The number of aliphatic carboxylic acids is 1. The van der Waals surface area contributed by atoms with Gasteiger partial charge in [0.05, 0.1) is 5.92 Å². The number of hydrogen-bond acceptors (Lipinski definition) is 4. The molecule has 176 valence electrons. The number of hydrogen-bond donors (Lipinski definition) is 3. The molecule has 0 heterocycles. The molecule has 2 atom stereocenters. The van der Waals surface area contributed by atoms with E-state index in [-0.39, 0.29) is 37.3 Å². The fourth-order valence-corrected chi connectivity index (χ4v) is 4.16. The van der Waals surface area contributed by atoms with Crippen LogP contribution in [0.2, 0.25) is 0 Å². The highest BCUT2D eigenvalue weighted by atomic mass is 16.5. The van der Waals surface area contributed by atoms with Crippen LogP contribution in [0.5, 0.6) is 0 Å². The lowest BCUT2D eigenvalue weighted by molar-refractivity contribution is -0.141. The molecule has 0 fully saturated rings. The van der Waals surface area contributed by atoms with Crippen molar-refractivity contribution in [3.8, 4) is 11.1 Å². The van der Waals surface area contributed by atoms with Crippen molar-refractivity contribution in [2.45, 2.75) is 45.6 Å². The fraction of sp³-hybridized carbons (Fsp3) is 0.423. The van der Waals surface area contributed by atoms with Gasteiger partial charge in [-0.2, -0.15) is 0 Å². The summed E-state index contributed by atoms with van der Waals surface area (Å²) in [5, 5.41) is 14.6. The average Bonchev–Trinajstić information content (AvgIpc) is 3.11. The van der Waals surface area contributed by atoms with Crippen LogP contribution in [0.25, 0.3) is 11.1 Å². The Morgan fingerprint density at radius 3 is 2.09 bits per heavy atom. The molecular formula is C26H32N2O5. The number of carbonyl (C=O) groups excluding carboxylic acids is 2. The minimum absolute atomic E-state index is 0.00215. The lowest BCUT2D eigenvalue weighted by atomic mass is 9.98. The van der Waals surface area contributed by atoms with Crippen LogP contribution in [0.15, 0.2) is 48.5 Å². The maximum Gasteiger partial charge on any atom is 0.407 e. The summed E-state index contributed by atoms with van der Waals surface area (Å²) < 4.78 is 5.59. The van der Waals surface area contributed by atoms with E-state index in [1.807, 2.05) is 38.1 Å². The Labute approximate surface area is 194 Å². The van der Waals surface area contributed by atoms with Crippen molar-refractivity contribution in [3.05, 3.63) is 59.7 Å². The molecule has 0 spiro atoms. The van der Waals surface area contributed by atoms with E-state index in [4.69, 9.17) is 9.84 Å². The van der Waals surface area contributed by atoms with E-state index in [1.165, 1.54) is 0 Å². The van der Waals surface area contributed by atoms with E-state index < -0.39 is 24.0 Å². The molecule has 2 aromatic carbocycles. The van der Waals surface area contributed by atoms with Gasteiger partial charge < -0.3 is 20.5 Å². The molecule has 1 aliphatic rings. The van der Waals surface area contributed by atoms with Crippen LogP contribution in [0, 0.1) is 11.8 Å². The number of carboxylic acid groups (broad SMARTS) is 1. The zero-order chi connectivity index (χ0) is 24.0. The molecular weight excluding hydrogens is 420 g/mol. The lowest BCUT2D eigenvalue weighted by Gasteiger charge is -2.23. The van der Waals surface area contributed by atoms with E-state index >= 15 is 0 Å².